The molecule has 1 atom stereocenters. The first-order valence-corrected chi connectivity index (χ1v) is 7.08. The van der Waals surface area contributed by atoms with Crippen molar-refractivity contribution in [2.24, 2.45) is 11.8 Å². The second-order valence-electron chi connectivity index (χ2n) is 5.91. The Balaban J connectivity index is 2.28. The highest BCUT2D eigenvalue weighted by Crippen LogP contribution is 2.21. The Hall–Kier alpha value is -1.93. The monoisotopic (exact) mass is 292 g/mol. The summed E-state index contributed by atoms with van der Waals surface area (Å²) in [5, 5.41) is 11.2. The molecular weight excluding hydrogens is 268 g/mol. The molecule has 0 aliphatic heterocycles. The molecule has 2 aromatic heterocycles. The second-order valence-corrected chi connectivity index (χ2v) is 5.91. The van der Waals surface area contributed by atoms with Gasteiger partial charge in [-0.25, -0.2) is 5.84 Å². The zero-order valence-corrected chi connectivity index (χ0v) is 13.0. The number of anilines is 2. The second kappa shape index (κ2) is 6.68. The molecule has 0 fully saturated rings. The number of aromatic nitrogens is 4. The third-order valence-corrected chi connectivity index (χ3v) is 3.12. The van der Waals surface area contributed by atoms with Gasteiger partial charge in [0.1, 0.15) is 5.82 Å². The summed E-state index contributed by atoms with van der Waals surface area (Å²) < 4.78 is 0. The number of nitrogen functional groups attached to an aromatic ring is 1. The van der Waals surface area contributed by atoms with Crippen molar-refractivity contribution in [2.45, 2.75) is 26.3 Å². The average Bonchev–Trinajstić information content (AvgIpc) is 2.85. The quantitative estimate of drug-likeness (QED) is 0.446. The van der Waals surface area contributed by atoms with E-state index in [1.165, 1.54) is 0 Å². The first-order chi connectivity index (χ1) is 9.99. The maximum atomic E-state index is 5.43. The lowest BCUT2D eigenvalue weighted by atomic mass is 10.0. The Morgan fingerprint density at radius 1 is 1.33 bits per heavy atom. The zero-order valence-electron chi connectivity index (χ0n) is 13.0. The van der Waals surface area contributed by atoms with Crippen LogP contribution >= 0.6 is 0 Å². The van der Waals surface area contributed by atoms with E-state index >= 15 is 0 Å². The van der Waals surface area contributed by atoms with Crippen LogP contribution < -0.4 is 16.6 Å². The van der Waals surface area contributed by atoms with Crippen molar-refractivity contribution in [1.29, 1.82) is 0 Å². The molecule has 8 heteroatoms. The molecule has 0 aromatic carbocycles. The number of nitrogens with one attached hydrogen (secondary N) is 3. The van der Waals surface area contributed by atoms with E-state index in [2.05, 4.69) is 63.8 Å². The third-order valence-electron chi connectivity index (χ3n) is 3.12. The molecule has 0 bridgehead atoms. The lowest BCUT2D eigenvalue weighted by Crippen LogP contribution is -2.34. The van der Waals surface area contributed by atoms with Crippen LogP contribution in [0.5, 0.6) is 0 Å². The molecule has 0 saturated carbocycles. The van der Waals surface area contributed by atoms with Gasteiger partial charge in [-0.3, -0.25) is 10.5 Å². The normalized spacial score (nSPS) is 13.1. The van der Waals surface area contributed by atoms with Gasteiger partial charge < -0.3 is 10.2 Å². The van der Waals surface area contributed by atoms with E-state index in [0.29, 0.717) is 23.6 Å². The van der Waals surface area contributed by atoms with Gasteiger partial charge in [0.15, 0.2) is 5.65 Å². The molecule has 5 N–H and O–H groups in total. The fourth-order valence-corrected chi connectivity index (χ4v) is 2.39. The van der Waals surface area contributed by atoms with Gasteiger partial charge in [-0.2, -0.15) is 15.1 Å². The Morgan fingerprint density at radius 3 is 2.71 bits per heavy atom. The number of nitrogens with zero attached hydrogens (tertiary/aromatic N) is 4. The lowest BCUT2D eigenvalue weighted by Gasteiger charge is -2.24. The topological polar surface area (TPSA) is 108 Å². The van der Waals surface area contributed by atoms with Gasteiger partial charge >= 0.3 is 0 Å². The molecule has 0 amide bonds. The lowest BCUT2D eigenvalue weighted by molar-refractivity contribution is 0.356. The Morgan fingerprint density at radius 2 is 2.10 bits per heavy atom. The molecule has 2 rings (SSSR count). The summed E-state index contributed by atoms with van der Waals surface area (Å²) in [5.74, 6) is 7.13. The minimum absolute atomic E-state index is 0.290. The van der Waals surface area contributed by atoms with Crippen molar-refractivity contribution in [3.8, 4) is 0 Å². The van der Waals surface area contributed by atoms with Crippen molar-refractivity contribution in [1.82, 2.24) is 25.1 Å². The van der Waals surface area contributed by atoms with Crippen molar-refractivity contribution < 1.29 is 0 Å². The van der Waals surface area contributed by atoms with Gasteiger partial charge in [0, 0.05) is 12.6 Å². The summed E-state index contributed by atoms with van der Waals surface area (Å²) in [5.41, 5.74) is 3.14. The van der Waals surface area contributed by atoms with Gasteiger partial charge in [-0.1, -0.05) is 13.8 Å². The van der Waals surface area contributed by atoms with E-state index in [1.54, 1.807) is 6.20 Å². The number of nitrogens with two attached hydrogens (primary N) is 1. The standard InChI is InChI=1S/C13H24N8/c1-8(2)5-9(7-21(3)4)16-11-10-6-15-20-12(10)18-13(17-11)19-14/h6,8-9H,5,7,14H2,1-4H3,(H3,15,16,17,18,19,20). The zero-order chi connectivity index (χ0) is 15.4. The molecule has 0 aliphatic rings. The highest BCUT2D eigenvalue weighted by atomic mass is 15.3. The van der Waals surface area contributed by atoms with E-state index in [9.17, 15) is 0 Å². The number of aromatic amines is 1. The first kappa shape index (κ1) is 15.5. The van der Waals surface area contributed by atoms with Crippen LogP contribution in [0, 0.1) is 5.92 Å². The van der Waals surface area contributed by atoms with Crippen molar-refractivity contribution >= 4 is 22.8 Å². The predicted octanol–water partition coefficient (Wildman–Crippen LogP) is 1.03. The van der Waals surface area contributed by atoms with Gasteiger partial charge in [0.25, 0.3) is 0 Å². The largest absolute Gasteiger partial charge is 0.365 e. The first-order valence-electron chi connectivity index (χ1n) is 7.08. The van der Waals surface area contributed by atoms with Crippen LogP contribution in [0.15, 0.2) is 6.20 Å². The van der Waals surface area contributed by atoms with Gasteiger partial charge in [-0.05, 0) is 26.4 Å². The van der Waals surface area contributed by atoms with Crippen LogP contribution in [0.1, 0.15) is 20.3 Å². The van der Waals surface area contributed by atoms with Crippen molar-refractivity contribution in [3.63, 3.8) is 0 Å². The molecular formula is C13H24N8. The van der Waals surface area contributed by atoms with Crippen LogP contribution in [-0.2, 0) is 0 Å². The van der Waals surface area contributed by atoms with E-state index in [-0.39, 0.29) is 0 Å². The van der Waals surface area contributed by atoms with Crippen LogP contribution in [0.2, 0.25) is 0 Å². The highest BCUT2D eigenvalue weighted by Gasteiger charge is 2.16. The molecule has 0 aliphatic carbocycles. The van der Waals surface area contributed by atoms with E-state index < -0.39 is 0 Å². The van der Waals surface area contributed by atoms with E-state index in [1.807, 2.05) is 0 Å². The molecule has 0 saturated heterocycles. The summed E-state index contributed by atoms with van der Waals surface area (Å²) in [4.78, 5) is 10.8. The Bertz CT molecular complexity index is 567. The van der Waals surface area contributed by atoms with E-state index in [0.717, 1.165) is 24.2 Å². The minimum atomic E-state index is 0.290. The third kappa shape index (κ3) is 4.02. The number of likely N-dealkylation sites (N-methyl/N-ethyl adjacent to an activating group) is 1. The average molecular weight is 292 g/mol. The van der Waals surface area contributed by atoms with Crippen LogP contribution in [0.4, 0.5) is 11.8 Å². The summed E-state index contributed by atoms with van der Waals surface area (Å²) in [7, 11) is 4.13. The van der Waals surface area contributed by atoms with Gasteiger partial charge in [0.2, 0.25) is 5.95 Å². The van der Waals surface area contributed by atoms with E-state index in [4.69, 9.17) is 5.84 Å². The number of fused-ring (bicyclic) bond motifs is 1. The number of rotatable bonds is 7. The fourth-order valence-electron chi connectivity index (χ4n) is 2.39. The number of hydrazine groups is 1. The molecule has 0 spiro atoms. The molecule has 0 radical (unpaired) electrons. The van der Waals surface area contributed by atoms with Gasteiger partial charge in [-0.15, -0.1) is 0 Å². The summed E-state index contributed by atoms with van der Waals surface area (Å²) in [6.45, 7) is 5.35. The maximum absolute atomic E-state index is 5.43. The molecule has 116 valence electrons. The summed E-state index contributed by atoms with van der Waals surface area (Å²) in [6.07, 6.45) is 2.77. The Labute approximate surface area is 124 Å². The molecule has 2 heterocycles. The number of H-pyrrole nitrogens is 1. The predicted molar refractivity (Wildman–Crippen MR) is 84.9 cm³/mol. The fraction of sp³-hybridized carbons (Fsp3) is 0.615. The van der Waals surface area contributed by atoms with Crippen molar-refractivity contribution in [3.05, 3.63) is 6.20 Å². The van der Waals surface area contributed by atoms with Crippen LogP contribution in [-0.4, -0.2) is 51.7 Å². The number of hydrogen-bond donors (Lipinski definition) is 4. The summed E-state index contributed by atoms with van der Waals surface area (Å²) >= 11 is 0. The minimum Gasteiger partial charge on any atom is -0.365 e. The highest BCUT2D eigenvalue weighted by molar-refractivity contribution is 5.87. The smallest absolute Gasteiger partial charge is 0.241 e. The summed E-state index contributed by atoms with van der Waals surface area (Å²) in [6, 6.07) is 0.290. The molecule has 21 heavy (non-hydrogen) atoms. The van der Waals surface area contributed by atoms with Crippen LogP contribution in [0.3, 0.4) is 0 Å². The SMILES string of the molecule is CC(C)CC(CN(C)C)Nc1nc(NN)nc2[nH]ncc12. The van der Waals surface area contributed by atoms with Crippen molar-refractivity contribution in [2.75, 3.05) is 31.4 Å². The number of hydrogen-bond acceptors (Lipinski definition) is 7. The molecule has 8 nitrogen and oxygen atoms in total. The van der Waals surface area contributed by atoms with Crippen LogP contribution in [0.25, 0.3) is 11.0 Å². The molecule has 2 aromatic rings. The molecule has 1 unspecified atom stereocenters. The van der Waals surface area contributed by atoms with Gasteiger partial charge in [0.05, 0.1) is 11.6 Å². The maximum Gasteiger partial charge on any atom is 0.241 e. The Kier molecular flexibility index (Phi) is 4.92.